The molecule has 2 nitrogen and oxygen atoms in total. The monoisotopic (exact) mass is 1090 g/mol. The third-order valence-electron chi connectivity index (χ3n) is 15.9. The van der Waals surface area contributed by atoms with Gasteiger partial charge in [-0.25, -0.2) is 17.6 Å². The van der Waals surface area contributed by atoms with Crippen molar-refractivity contribution in [1.82, 2.24) is 0 Å². The van der Waals surface area contributed by atoms with Crippen LogP contribution < -0.4 is 9.47 Å². The van der Waals surface area contributed by atoms with E-state index in [-0.39, 0.29) is 27.6 Å². The van der Waals surface area contributed by atoms with Gasteiger partial charge in [0.25, 0.3) is 0 Å². The van der Waals surface area contributed by atoms with Crippen LogP contribution in [0.3, 0.4) is 0 Å². The zero-order chi connectivity index (χ0) is 56.1. The Balaban J connectivity index is 0.000000176. The number of para-hydroxylation sites is 1. The van der Waals surface area contributed by atoms with Gasteiger partial charge < -0.3 is 9.47 Å². The summed E-state index contributed by atoms with van der Waals surface area (Å²) in [5.74, 6) is -3.06. The minimum atomic E-state index is -5.09. The molecule has 0 unspecified atom stereocenters. The first-order valence-corrected chi connectivity index (χ1v) is 28.0. The number of hydrogen-bond acceptors (Lipinski definition) is 2. The van der Waals surface area contributed by atoms with Crippen molar-refractivity contribution in [3.8, 4) is 33.8 Å². The molecule has 2 fully saturated rings. The van der Waals surface area contributed by atoms with Gasteiger partial charge in [0.15, 0.2) is 23.1 Å². The molecule has 0 heterocycles. The number of benzene rings is 8. The number of rotatable bonds is 15. The van der Waals surface area contributed by atoms with Gasteiger partial charge in [0, 0.05) is 27.5 Å². The molecule has 12 heteroatoms. The van der Waals surface area contributed by atoms with Crippen LogP contribution in [0.2, 0.25) is 0 Å². The summed E-state index contributed by atoms with van der Waals surface area (Å²) in [6, 6.07) is 40.7. The van der Waals surface area contributed by atoms with E-state index in [1.807, 2.05) is 24.3 Å². The zero-order valence-electron chi connectivity index (χ0n) is 44.8. The molecule has 8 aromatic carbocycles. The van der Waals surface area contributed by atoms with Crippen LogP contribution in [0, 0.1) is 35.1 Å². The topological polar surface area (TPSA) is 18.5 Å². The molecule has 79 heavy (non-hydrogen) atoms. The van der Waals surface area contributed by atoms with Crippen LogP contribution in [-0.2, 0) is 0 Å². The third-order valence-corrected chi connectivity index (χ3v) is 15.9. The van der Waals surface area contributed by atoms with E-state index >= 15 is 8.78 Å². The first-order chi connectivity index (χ1) is 38.0. The minimum Gasteiger partial charge on any atom is -0.403 e. The van der Waals surface area contributed by atoms with Crippen LogP contribution in [0.1, 0.15) is 146 Å². The highest BCUT2D eigenvalue weighted by atomic mass is 19.4. The van der Waals surface area contributed by atoms with Crippen LogP contribution >= 0.6 is 0 Å². The van der Waals surface area contributed by atoms with E-state index in [9.17, 15) is 35.1 Å². The highest BCUT2D eigenvalue weighted by Crippen LogP contribution is 2.43. The van der Waals surface area contributed by atoms with E-state index in [4.69, 9.17) is 0 Å². The summed E-state index contributed by atoms with van der Waals surface area (Å²) in [7, 11) is 0. The van der Waals surface area contributed by atoms with E-state index in [1.165, 1.54) is 130 Å². The third kappa shape index (κ3) is 15.8. The van der Waals surface area contributed by atoms with Gasteiger partial charge in [-0.05, 0) is 131 Å². The predicted molar refractivity (Wildman–Crippen MR) is 298 cm³/mol. The Hall–Kier alpha value is -6.56. The molecule has 0 radical (unpaired) electrons. The molecular formula is C67H68F10O2. The number of halogens is 10. The van der Waals surface area contributed by atoms with Gasteiger partial charge in [-0.3, -0.25) is 0 Å². The number of alkyl halides is 6. The summed E-state index contributed by atoms with van der Waals surface area (Å²) in [6.07, 6.45) is 11.0. The first-order valence-electron chi connectivity index (χ1n) is 28.0. The summed E-state index contributed by atoms with van der Waals surface area (Å²) in [4.78, 5) is 0. The van der Waals surface area contributed by atoms with Crippen LogP contribution in [-0.4, -0.2) is 12.7 Å². The van der Waals surface area contributed by atoms with Crippen molar-refractivity contribution >= 4 is 32.3 Å². The van der Waals surface area contributed by atoms with E-state index < -0.39 is 47.5 Å². The average molecular weight is 1100 g/mol. The van der Waals surface area contributed by atoms with Crippen LogP contribution in [0.4, 0.5) is 43.9 Å². The van der Waals surface area contributed by atoms with Crippen molar-refractivity contribution in [3.63, 3.8) is 0 Å². The quantitative estimate of drug-likeness (QED) is 0.0752. The second-order valence-corrected chi connectivity index (χ2v) is 21.3. The first kappa shape index (κ1) is 58.6. The number of unbranched alkanes of at least 4 members (excludes halogenated alkanes) is 5. The number of fused-ring (bicyclic) bond motifs is 3. The van der Waals surface area contributed by atoms with Gasteiger partial charge in [0.05, 0.1) is 0 Å². The van der Waals surface area contributed by atoms with Gasteiger partial charge in [0.1, 0.15) is 11.6 Å². The van der Waals surface area contributed by atoms with E-state index in [0.717, 1.165) is 61.1 Å². The SMILES string of the molecule is CCCCCC1CCC(c2ccc3c(F)c(-c4ccc(OC(F)(F)F)c(F)c4)ccc3c2)CC1.CCCCCCC1CCC(c2ccc3c(F)c(-c4cccc(F)c4OC(F)(F)F)ccc3c2)CC1.c1ccc2ccccc2c1. The fourth-order valence-corrected chi connectivity index (χ4v) is 11.6. The molecule has 2 saturated carbocycles. The molecule has 0 aliphatic heterocycles. The molecule has 0 saturated heterocycles. The molecule has 10 rings (SSSR count). The maximum Gasteiger partial charge on any atom is 0.573 e. The number of hydrogen-bond donors (Lipinski definition) is 0. The molecule has 0 spiro atoms. The molecule has 0 aromatic heterocycles. The Morgan fingerprint density at radius 2 is 0.886 bits per heavy atom. The molecular weight excluding hydrogens is 1030 g/mol. The Bertz CT molecular complexity index is 3190. The second-order valence-electron chi connectivity index (χ2n) is 21.3. The van der Waals surface area contributed by atoms with Crippen molar-refractivity contribution < 1.29 is 53.4 Å². The van der Waals surface area contributed by atoms with Crippen LogP contribution in [0.15, 0.2) is 146 Å². The summed E-state index contributed by atoms with van der Waals surface area (Å²) in [5, 5.41) is 4.76. The molecule has 0 N–H and O–H groups in total. The summed E-state index contributed by atoms with van der Waals surface area (Å²) >= 11 is 0. The van der Waals surface area contributed by atoms with Crippen molar-refractivity contribution in [2.24, 2.45) is 11.8 Å². The average Bonchev–Trinajstić information content (AvgIpc) is 3.57. The lowest BCUT2D eigenvalue weighted by Gasteiger charge is -2.29. The lowest BCUT2D eigenvalue weighted by atomic mass is 9.76. The molecule has 0 bridgehead atoms. The maximum absolute atomic E-state index is 15.4. The number of ether oxygens (including phenoxy) is 2. The molecule has 418 valence electrons. The van der Waals surface area contributed by atoms with Gasteiger partial charge in [-0.1, -0.05) is 199 Å². The largest absolute Gasteiger partial charge is 0.573 e. The Morgan fingerprint density at radius 3 is 1.38 bits per heavy atom. The van der Waals surface area contributed by atoms with Crippen molar-refractivity contribution in [3.05, 3.63) is 180 Å². The highest BCUT2D eigenvalue weighted by molar-refractivity contribution is 5.91. The fourth-order valence-electron chi connectivity index (χ4n) is 11.6. The van der Waals surface area contributed by atoms with Crippen molar-refractivity contribution in [1.29, 1.82) is 0 Å². The molecule has 8 aromatic rings. The molecule has 2 aliphatic rings. The van der Waals surface area contributed by atoms with E-state index in [0.29, 0.717) is 22.6 Å². The smallest absolute Gasteiger partial charge is 0.403 e. The lowest BCUT2D eigenvalue weighted by molar-refractivity contribution is -0.276. The lowest BCUT2D eigenvalue weighted by Crippen LogP contribution is -2.18. The van der Waals surface area contributed by atoms with Crippen molar-refractivity contribution in [2.45, 2.75) is 148 Å². The Kier molecular flexibility index (Phi) is 20.1. The van der Waals surface area contributed by atoms with Crippen LogP contribution in [0.5, 0.6) is 11.5 Å². The fraction of sp³-hybridized carbons (Fsp3) is 0.373. The molecule has 0 amide bonds. The second kappa shape index (κ2) is 27.1. The van der Waals surface area contributed by atoms with Gasteiger partial charge >= 0.3 is 12.7 Å². The molecule has 2 aliphatic carbocycles. The standard InChI is InChI=1S/C29H31F5O.C28H29F5O.C10H8/c1-2-3-4-5-7-19-10-12-20(13-11-19)21-14-16-23-22(18-21)15-17-24(27(23)31)25-8-6-9-26(30)28(25)35-29(32,33)34;1-2-3-4-5-18-6-8-19(9-7-18)20-10-13-23-21(16-20)11-14-24(27(23)30)22-12-15-26(25(29)17-22)34-28(31,32)33;1-2-6-10-8-4-3-7-9(10)5-1/h6,8-9,14-20H,2-5,7,10-13H2,1H3;10-19H,2-9H2,1H3;1-8H. The summed E-state index contributed by atoms with van der Waals surface area (Å²) in [5.41, 5.74) is 2.25. The van der Waals surface area contributed by atoms with E-state index in [2.05, 4.69) is 71.9 Å². The minimum absolute atomic E-state index is 0.130. The normalized spacial score (nSPS) is 17.7. The van der Waals surface area contributed by atoms with Gasteiger partial charge in [0.2, 0.25) is 0 Å². The van der Waals surface area contributed by atoms with Gasteiger partial charge in [-0.2, -0.15) is 0 Å². The Labute approximate surface area is 457 Å². The Morgan fingerprint density at radius 1 is 0.405 bits per heavy atom. The van der Waals surface area contributed by atoms with Crippen molar-refractivity contribution in [2.75, 3.05) is 0 Å². The summed E-state index contributed by atoms with van der Waals surface area (Å²) in [6.45, 7) is 4.45. The van der Waals surface area contributed by atoms with E-state index in [1.54, 1.807) is 30.3 Å². The highest BCUT2D eigenvalue weighted by Gasteiger charge is 2.35. The van der Waals surface area contributed by atoms with Gasteiger partial charge in [-0.15, -0.1) is 26.3 Å². The van der Waals surface area contributed by atoms with Crippen LogP contribution in [0.25, 0.3) is 54.6 Å². The predicted octanol–water partition coefficient (Wildman–Crippen LogP) is 22.3. The molecule has 0 atom stereocenters. The summed E-state index contributed by atoms with van der Waals surface area (Å²) < 4.78 is 142. The maximum atomic E-state index is 15.4. The zero-order valence-corrected chi connectivity index (χ0v) is 44.8.